The average Bonchev–Trinajstić information content (AvgIpc) is 1.91. The molecule has 46 valence electrons. The summed E-state index contributed by atoms with van der Waals surface area (Å²) in [6, 6.07) is 10.9. The molecule has 1 aromatic carbocycles. The number of benzene rings is 1. The van der Waals surface area contributed by atoms with E-state index in [9.17, 15) is 0 Å². The van der Waals surface area contributed by atoms with Crippen LogP contribution in [0.15, 0.2) is 24.3 Å². The summed E-state index contributed by atoms with van der Waals surface area (Å²) in [7, 11) is 0. The van der Waals surface area contributed by atoms with Gasteiger partial charge in [-0.1, -0.05) is 0 Å². The molecular formula is C7H6NW-. The van der Waals surface area contributed by atoms with Crippen LogP contribution >= 0.6 is 0 Å². The Morgan fingerprint density at radius 2 is 2.44 bits per heavy atom. The minimum atomic E-state index is 1.03. The Morgan fingerprint density at radius 1 is 1.56 bits per heavy atom. The Bertz CT molecular complexity index is 183. The predicted octanol–water partition coefficient (Wildman–Crippen LogP) is 1.21. The fraction of sp³-hybridized carbons (Fsp3) is 0. The van der Waals surface area contributed by atoms with Gasteiger partial charge in [-0.25, -0.2) is 0 Å². The van der Waals surface area contributed by atoms with Gasteiger partial charge in [-0.05, 0) is 0 Å². The van der Waals surface area contributed by atoms with Gasteiger partial charge in [0.25, 0.3) is 0 Å². The number of para-hydroxylation sites is 1. The summed E-state index contributed by atoms with van der Waals surface area (Å²) < 4.78 is 1.96. The molecule has 0 aliphatic heterocycles. The van der Waals surface area contributed by atoms with Gasteiger partial charge < -0.3 is 0 Å². The SMILES string of the molecule is [W]=[CH]Nc1[c-]cccc1. The van der Waals surface area contributed by atoms with Gasteiger partial charge in [-0.3, -0.25) is 0 Å². The van der Waals surface area contributed by atoms with E-state index in [0.29, 0.717) is 0 Å². The van der Waals surface area contributed by atoms with Crippen LogP contribution in [0.1, 0.15) is 0 Å². The van der Waals surface area contributed by atoms with E-state index in [2.05, 4.69) is 11.4 Å². The number of nitrogens with one attached hydrogen (secondary N) is 1. The van der Waals surface area contributed by atoms with Crippen LogP contribution in [0.4, 0.5) is 5.69 Å². The van der Waals surface area contributed by atoms with Gasteiger partial charge >= 0.3 is 65.2 Å². The molecule has 0 unspecified atom stereocenters. The first-order valence-corrected chi connectivity index (χ1v) is 4.30. The van der Waals surface area contributed by atoms with Crippen LogP contribution in [0.2, 0.25) is 0 Å². The molecule has 0 bridgehead atoms. The number of hydrogen-bond acceptors (Lipinski definition) is 1. The van der Waals surface area contributed by atoms with Gasteiger partial charge in [-0.15, -0.1) is 0 Å². The molecule has 2 heteroatoms. The maximum absolute atomic E-state index is 3.06. The molecule has 0 fully saturated rings. The average molecular weight is 288 g/mol. The molecule has 0 aliphatic rings. The van der Waals surface area contributed by atoms with Crippen LogP contribution in [0.5, 0.6) is 0 Å². The van der Waals surface area contributed by atoms with Gasteiger partial charge in [0.15, 0.2) is 0 Å². The van der Waals surface area contributed by atoms with E-state index in [1.165, 1.54) is 19.4 Å². The normalized spacial score (nSPS) is 8.44. The van der Waals surface area contributed by atoms with Crippen LogP contribution in [0.3, 0.4) is 0 Å². The minimum absolute atomic E-state index is 1.03. The fourth-order valence-corrected chi connectivity index (χ4v) is 1.00. The second-order valence-electron chi connectivity index (χ2n) is 1.54. The van der Waals surface area contributed by atoms with E-state index >= 15 is 0 Å². The van der Waals surface area contributed by atoms with Crippen molar-refractivity contribution in [1.82, 2.24) is 0 Å². The molecule has 1 N–H and O–H groups in total. The molecule has 9 heavy (non-hydrogen) atoms. The second-order valence-corrected chi connectivity index (χ2v) is 2.39. The molecular weight excluding hydrogens is 282 g/mol. The van der Waals surface area contributed by atoms with Crippen LogP contribution in [0.25, 0.3) is 0 Å². The first-order valence-electron chi connectivity index (χ1n) is 2.60. The zero-order valence-electron chi connectivity index (χ0n) is 4.79. The summed E-state index contributed by atoms with van der Waals surface area (Å²) in [6.45, 7) is 0. The molecule has 0 saturated carbocycles. The van der Waals surface area contributed by atoms with Crippen molar-refractivity contribution >= 4 is 10.2 Å². The summed E-state index contributed by atoms with van der Waals surface area (Å²) >= 11 is 1.42. The standard InChI is InChI=1S/C7H6N.W/c1-8-7-5-3-2-4-6-7;/h1-5,8H;/q-1;. The van der Waals surface area contributed by atoms with Gasteiger partial charge in [-0.2, -0.15) is 0 Å². The van der Waals surface area contributed by atoms with E-state index < -0.39 is 0 Å². The van der Waals surface area contributed by atoms with E-state index in [0.717, 1.165) is 5.69 Å². The van der Waals surface area contributed by atoms with Crippen molar-refractivity contribution < 1.29 is 19.4 Å². The molecule has 0 radical (unpaired) electrons. The monoisotopic (exact) mass is 288 g/mol. The van der Waals surface area contributed by atoms with Crippen molar-refractivity contribution in [2.45, 2.75) is 0 Å². The van der Waals surface area contributed by atoms with E-state index in [1.807, 2.05) is 28.8 Å². The van der Waals surface area contributed by atoms with Crippen molar-refractivity contribution in [2.75, 3.05) is 5.32 Å². The number of rotatable bonds is 2. The molecule has 0 amide bonds. The van der Waals surface area contributed by atoms with Crippen LogP contribution < -0.4 is 5.32 Å². The third kappa shape index (κ3) is 2.11. The van der Waals surface area contributed by atoms with Crippen LogP contribution in [-0.4, -0.2) is 4.52 Å². The van der Waals surface area contributed by atoms with Crippen LogP contribution in [0, 0.1) is 6.07 Å². The predicted molar refractivity (Wildman–Crippen MR) is 35.0 cm³/mol. The Labute approximate surface area is 65.5 Å². The van der Waals surface area contributed by atoms with Crippen molar-refractivity contribution in [3.05, 3.63) is 30.3 Å². The van der Waals surface area contributed by atoms with Crippen molar-refractivity contribution in [3.8, 4) is 0 Å². The molecule has 0 heterocycles. The van der Waals surface area contributed by atoms with Gasteiger partial charge in [0.2, 0.25) is 0 Å². The molecule has 0 aromatic heterocycles. The Balaban J connectivity index is 2.72. The second kappa shape index (κ2) is 3.57. The van der Waals surface area contributed by atoms with Crippen LogP contribution in [-0.2, 0) is 19.4 Å². The fourth-order valence-electron chi connectivity index (χ4n) is 0.547. The summed E-state index contributed by atoms with van der Waals surface area (Å²) in [5, 5.41) is 3.06. The topological polar surface area (TPSA) is 12.0 Å². The summed E-state index contributed by atoms with van der Waals surface area (Å²) in [5.74, 6) is 0. The van der Waals surface area contributed by atoms with Crippen molar-refractivity contribution in [2.24, 2.45) is 0 Å². The Kier molecular flexibility index (Phi) is 2.66. The molecule has 0 aliphatic carbocycles. The number of anilines is 1. The first kappa shape index (κ1) is 6.69. The van der Waals surface area contributed by atoms with E-state index in [-0.39, 0.29) is 0 Å². The summed E-state index contributed by atoms with van der Waals surface area (Å²) in [4.78, 5) is 0. The molecule has 1 nitrogen and oxygen atoms in total. The molecule has 0 saturated heterocycles. The van der Waals surface area contributed by atoms with Gasteiger partial charge in [0.05, 0.1) is 0 Å². The van der Waals surface area contributed by atoms with Crippen molar-refractivity contribution in [3.63, 3.8) is 0 Å². The number of hydrogen-bond donors (Lipinski definition) is 1. The molecule has 1 aromatic rings. The first-order chi connectivity index (χ1) is 4.43. The van der Waals surface area contributed by atoms with Gasteiger partial charge in [0.1, 0.15) is 0 Å². The molecule has 0 spiro atoms. The Morgan fingerprint density at radius 3 is 3.00 bits per heavy atom. The van der Waals surface area contributed by atoms with E-state index in [4.69, 9.17) is 0 Å². The maximum atomic E-state index is 3.06. The zero-order chi connectivity index (χ0) is 6.53. The quantitative estimate of drug-likeness (QED) is 0.807. The summed E-state index contributed by atoms with van der Waals surface area (Å²) in [6.07, 6.45) is 0. The van der Waals surface area contributed by atoms with Gasteiger partial charge in [0, 0.05) is 0 Å². The van der Waals surface area contributed by atoms with E-state index in [1.54, 1.807) is 0 Å². The summed E-state index contributed by atoms with van der Waals surface area (Å²) in [5.41, 5.74) is 1.03. The molecule has 1 rings (SSSR count). The Hall–Kier alpha value is -0.422. The molecule has 0 atom stereocenters. The third-order valence-electron chi connectivity index (χ3n) is 0.923. The zero-order valence-corrected chi connectivity index (χ0v) is 7.73. The third-order valence-corrected chi connectivity index (χ3v) is 1.35. The van der Waals surface area contributed by atoms with Crippen molar-refractivity contribution in [1.29, 1.82) is 0 Å².